The first-order valence-corrected chi connectivity index (χ1v) is 19.7. The Balaban J connectivity index is 1.17. The number of aromatic amines is 2. The minimum Gasteiger partial charge on any atom is -0.453 e. The summed E-state index contributed by atoms with van der Waals surface area (Å²) in [6.07, 6.45) is 3.44. The van der Waals surface area contributed by atoms with Crippen LogP contribution in [0.5, 0.6) is 0 Å². The summed E-state index contributed by atoms with van der Waals surface area (Å²) in [7, 11) is 2.55. The number of fused-ring (bicyclic) bond motifs is 1. The lowest BCUT2D eigenvalue weighted by Gasteiger charge is -2.30. The van der Waals surface area contributed by atoms with Gasteiger partial charge in [-0.3, -0.25) is 9.59 Å². The molecule has 0 spiro atoms. The number of hydrogen-bond acceptors (Lipinski definition) is 11. The molecule has 0 aliphatic carbocycles. The van der Waals surface area contributed by atoms with E-state index >= 15 is 0 Å². The Morgan fingerprint density at radius 2 is 1.12 bits per heavy atom. The summed E-state index contributed by atoms with van der Waals surface area (Å²) < 4.78 is 18.5. The predicted molar refractivity (Wildman–Crippen MR) is 211 cm³/mol. The van der Waals surface area contributed by atoms with Crippen molar-refractivity contribution >= 4 is 46.8 Å². The zero-order chi connectivity index (χ0) is 41.0. The van der Waals surface area contributed by atoms with E-state index in [0.29, 0.717) is 58.3 Å². The molecule has 6 atom stereocenters. The van der Waals surface area contributed by atoms with Crippen molar-refractivity contribution in [1.82, 2.24) is 49.1 Å². The first-order chi connectivity index (χ1) is 27.3. The minimum atomic E-state index is -0.732. The third-order valence-corrected chi connectivity index (χ3v) is 10.8. The van der Waals surface area contributed by atoms with E-state index in [0.717, 1.165) is 24.6 Å². The number of rotatable bonds is 8. The number of nitrogens with one attached hydrogen (secondary N) is 4. The second-order valence-corrected chi connectivity index (χ2v) is 15.9. The van der Waals surface area contributed by atoms with E-state index in [2.05, 4.69) is 76.8 Å². The number of aromatic nitrogens is 6. The number of H-pyrrole nitrogens is 2. The van der Waals surface area contributed by atoms with Gasteiger partial charge in [-0.1, -0.05) is 53.4 Å². The molecule has 2 aliphatic heterocycles. The third-order valence-electron chi connectivity index (χ3n) is 10.3. The number of nitrogens with zero attached hydrogens (tertiary/aromatic N) is 6. The van der Waals surface area contributed by atoms with Crippen LogP contribution < -0.4 is 10.6 Å². The lowest BCUT2D eigenvalue weighted by molar-refractivity contribution is -0.136. The normalized spacial score (nSPS) is 20.1. The van der Waals surface area contributed by atoms with Gasteiger partial charge in [-0.25, -0.2) is 19.6 Å². The lowest BCUT2D eigenvalue weighted by atomic mass is 10.0. The van der Waals surface area contributed by atoms with Gasteiger partial charge in [0.1, 0.15) is 46.2 Å². The van der Waals surface area contributed by atoms with Gasteiger partial charge in [-0.2, -0.15) is 8.75 Å². The van der Waals surface area contributed by atoms with E-state index < -0.39 is 24.3 Å². The highest BCUT2D eigenvalue weighted by Gasteiger charge is 2.41. The summed E-state index contributed by atoms with van der Waals surface area (Å²) >= 11 is 1.07. The molecule has 2 aliphatic rings. The number of ether oxygens (including phenoxy) is 2. The Bertz CT molecular complexity index is 2100. The van der Waals surface area contributed by atoms with E-state index in [4.69, 9.17) is 9.47 Å². The Kier molecular flexibility index (Phi) is 12.5. The predicted octanol–water partition coefficient (Wildman–Crippen LogP) is 4.52. The highest BCUT2D eigenvalue weighted by Crippen LogP contribution is 2.36. The molecule has 4 amide bonds. The van der Waals surface area contributed by atoms with E-state index in [1.165, 1.54) is 14.2 Å². The van der Waals surface area contributed by atoms with Gasteiger partial charge in [-0.05, 0) is 60.5 Å². The first-order valence-electron chi connectivity index (χ1n) is 19.0. The molecule has 17 heteroatoms. The number of alkyl carbamates (subject to hydrolysis) is 2. The number of amides is 4. The highest BCUT2D eigenvalue weighted by atomic mass is 32.1. The van der Waals surface area contributed by atoms with Crippen LogP contribution in [0.4, 0.5) is 9.59 Å². The zero-order valence-corrected chi connectivity index (χ0v) is 34.1. The van der Waals surface area contributed by atoms with Crippen molar-refractivity contribution in [3.05, 3.63) is 58.7 Å². The first kappa shape index (κ1) is 40.7. The largest absolute Gasteiger partial charge is 0.453 e. The maximum atomic E-state index is 13.6. The molecule has 0 radical (unpaired) electrons. The number of likely N-dealkylation sites (tertiary alicyclic amines) is 2. The molecular weight excluding hydrogens is 749 g/mol. The third kappa shape index (κ3) is 9.05. The number of methoxy groups -OCH3 is 2. The molecule has 6 rings (SSSR count). The van der Waals surface area contributed by atoms with E-state index in [9.17, 15) is 19.2 Å². The van der Waals surface area contributed by atoms with Crippen molar-refractivity contribution in [2.75, 3.05) is 27.3 Å². The van der Waals surface area contributed by atoms with E-state index in [1.807, 2.05) is 39.8 Å². The fourth-order valence-electron chi connectivity index (χ4n) is 7.33. The number of benzene rings is 1. The van der Waals surface area contributed by atoms with Crippen LogP contribution in [0.1, 0.15) is 101 Å². The second kappa shape index (κ2) is 17.5. The van der Waals surface area contributed by atoms with Gasteiger partial charge in [0.25, 0.3) is 0 Å². The summed E-state index contributed by atoms with van der Waals surface area (Å²) in [5.74, 6) is 13.8. The molecule has 0 saturated carbocycles. The average molecular weight is 797 g/mol. The van der Waals surface area contributed by atoms with Crippen LogP contribution in [-0.4, -0.2) is 102 Å². The van der Waals surface area contributed by atoms with Crippen molar-refractivity contribution in [2.24, 2.45) is 23.7 Å². The average Bonchev–Trinajstić information content (AvgIpc) is 4.04. The van der Waals surface area contributed by atoms with Crippen LogP contribution in [0.2, 0.25) is 0 Å². The zero-order valence-electron chi connectivity index (χ0n) is 33.3. The molecule has 2 fully saturated rings. The Morgan fingerprint density at radius 1 is 0.719 bits per heavy atom. The molecule has 4 N–H and O–H groups in total. The van der Waals surface area contributed by atoms with Crippen LogP contribution in [0.15, 0.2) is 24.5 Å². The maximum Gasteiger partial charge on any atom is 0.407 e. The number of imidazole rings is 2. The van der Waals surface area contributed by atoms with Crippen molar-refractivity contribution < 1.29 is 28.7 Å². The summed E-state index contributed by atoms with van der Waals surface area (Å²) in [6, 6.07) is 1.66. The van der Waals surface area contributed by atoms with Crippen LogP contribution in [0.25, 0.3) is 11.0 Å². The molecule has 4 aromatic rings. The fourth-order valence-corrected chi connectivity index (χ4v) is 7.90. The summed E-state index contributed by atoms with van der Waals surface area (Å²) in [5.41, 5.74) is 3.75. The summed E-state index contributed by atoms with van der Waals surface area (Å²) in [4.78, 5) is 70.6. The quantitative estimate of drug-likeness (QED) is 0.184. The van der Waals surface area contributed by atoms with Gasteiger partial charge >= 0.3 is 12.2 Å². The van der Waals surface area contributed by atoms with Gasteiger partial charge in [-0.15, -0.1) is 0 Å². The number of hydrogen-bond donors (Lipinski definition) is 4. The second-order valence-electron chi connectivity index (χ2n) is 15.4. The van der Waals surface area contributed by atoms with Gasteiger partial charge in [0.05, 0.1) is 61.6 Å². The fraction of sp³-hybridized carbons (Fsp3) is 0.500. The SMILES string of the molecule is COC(=O)N[C@H](C(=O)N1C[C@@H](C)C[C@H]1c1ncc(C#Cc2ccc(C#Cc3cnc([C@@H]4C[C@H](C)CN4C(=O)[C@@H](NC(=O)OC)C(C)C)[nH]3)c3nsnc23)[nH]1)C(C)C. The standard InChI is InChI=1S/C40H48N10O6S/c1-21(2)31(45-39(53)55-7)37(51)49-19-23(5)15-29(49)35-41-17-27(43-35)13-11-25-9-10-26(34-33(25)47-57-48-34)12-14-28-18-42-36(44-28)30-16-24(6)20-50(30)38(52)32(22(3)4)46-40(54)56-8/h9-10,17-18,21-24,29-32H,15-16,19-20H2,1-8H3,(H,41,43)(H,42,44)(H,45,53)(H,46,54)/t23-,24-,29-,30-,31-,32-/m0/s1. The number of carbonyl (C=O) groups is 4. The minimum absolute atomic E-state index is 0.141. The lowest BCUT2D eigenvalue weighted by Crippen LogP contribution is -2.51. The van der Waals surface area contributed by atoms with Gasteiger partial charge in [0.15, 0.2) is 0 Å². The van der Waals surface area contributed by atoms with E-state index in [1.54, 1.807) is 22.2 Å². The molecule has 1 aromatic carbocycles. The molecule has 0 unspecified atom stereocenters. The molecule has 2 saturated heterocycles. The van der Waals surface area contributed by atoms with Crippen molar-refractivity contribution in [3.63, 3.8) is 0 Å². The van der Waals surface area contributed by atoms with Crippen LogP contribution in [0.3, 0.4) is 0 Å². The Hall–Kier alpha value is -5.94. The van der Waals surface area contributed by atoms with Crippen molar-refractivity contribution in [1.29, 1.82) is 0 Å². The van der Waals surface area contributed by atoms with Crippen molar-refractivity contribution in [3.8, 4) is 23.7 Å². The molecule has 16 nitrogen and oxygen atoms in total. The van der Waals surface area contributed by atoms with Crippen LogP contribution in [-0.2, 0) is 19.1 Å². The molecule has 0 bridgehead atoms. The molecule has 3 aromatic heterocycles. The summed E-state index contributed by atoms with van der Waals surface area (Å²) in [6.45, 7) is 12.8. The number of carbonyl (C=O) groups excluding carboxylic acids is 4. The molecular formula is C40H48N10O6S. The van der Waals surface area contributed by atoms with Crippen LogP contribution in [0, 0.1) is 47.4 Å². The van der Waals surface area contributed by atoms with Gasteiger partial charge in [0.2, 0.25) is 11.8 Å². The van der Waals surface area contributed by atoms with E-state index in [-0.39, 0.29) is 47.6 Å². The Morgan fingerprint density at radius 3 is 1.49 bits per heavy atom. The van der Waals surface area contributed by atoms with Crippen LogP contribution >= 0.6 is 11.7 Å². The van der Waals surface area contributed by atoms with Crippen molar-refractivity contribution in [2.45, 2.75) is 78.6 Å². The maximum absolute atomic E-state index is 13.6. The van der Waals surface area contributed by atoms with Gasteiger partial charge in [0, 0.05) is 13.1 Å². The molecule has 300 valence electrons. The monoisotopic (exact) mass is 796 g/mol. The van der Waals surface area contributed by atoms with Gasteiger partial charge < -0.3 is 39.9 Å². The Labute approximate surface area is 335 Å². The molecule has 5 heterocycles. The topological polar surface area (TPSA) is 200 Å². The molecule has 57 heavy (non-hydrogen) atoms. The highest BCUT2D eigenvalue weighted by molar-refractivity contribution is 7.00. The summed E-state index contributed by atoms with van der Waals surface area (Å²) in [5, 5.41) is 5.36. The smallest absolute Gasteiger partial charge is 0.407 e.